The Hall–Kier alpha value is -1.16. The van der Waals surface area contributed by atoms with Gasteiger partial charge in [-0.15, -0.1) is 0 Å². The molecule has 9 heteroatoms. The Labute approximate surface area is 142 Å². The Morgan fingerprint density at radius 1 is 1.54 bits per heavy atom. The van der Waals surface area contributed by atoms with Crippen molar-refractivity contribution in [3.8, 4) is 0 Å². The molecule has 0 saturated carbocycles. The number of likely N-dealkylation sites (tertiary alicyclic amines) is 1. The molecule has 1 aromatic heterocycles. The van der Waals surface area contributed by atoms with Crippen LogP contribution >= 0.6 is 11.3 Å². The fourth-order valence-corrected chi connectivity index (χ4v) is 3.67. The maximum atomic E-state index is 10.6. The zero-order valence-electron chi connectivity index (χ0n) is 13.2. The van der Waals surface area contributed by atoms with E-state index in [4.69, 9.17) is 19.4 Å². The number of hydrogen-bond donors (Lipinski definition) is 1. The van der Waals surface area contributed by atoms with Crippen LogP contribution < -0.4 is 0 Å². The smallest absolute Gasteiger partial charge is 0.475 e. The number of aliphatic carboxylic acids is 1. The fraction of sp³-hybridized carbons (Fsp3) is 0.667. The van der Waals surface area contributed by atoms with Crippen molar-refractivity contribution in [2.24, 2.45) is 0 Å². The van der Waals surface area contributed by atoms with Gasteiger partial charge in [-0.25, -0.2) is 4.79 Å². The SMILES string of the molecule is CO[C@H]1CN(Cc2ccsc2)[C@@H]2CCCO[C@H]12.O=C(O)C(F)(F)F. The van der Waals surface area contributed by atoms with Gasteiger partial charge in [-0.2, -0.15) is 24.5 Å². The molecule has 0 aliphatic carbocycles. The van der Waals surface area contributed by atoms with Crippen LogP contribution in [0.15, 0.2) is 16.8 Å². The summed E-state index contributed by atoms with van der Waals surface area (Å²) in [5.41, 5.74) is 1.41. The molecular weight excluding hydrogens is 347 g/mol. The molecule has 2 saturated heterocycles. The van der Waals surface area contributed by atoms with E-state index in [9.17, 15) is 13.2 Å². The maximum absolute atomic E-state index is 10.6. The quantitative estimate of drug-likeness (QED) is 0.890. The van der Waals surface area contributed by atoms with E-state index >= 15 is 0 Å². The summed E-state index contributed by atoms with van der Waals surface area (Å²) in [6.45, 7) is 2.93. The Bertz CT molecular complexity index is 523. The van der Waals surface area contributed by atoms with Crippen molar-refractivity contribution in [3.63, 3.8) is 0 Å². The summed E-state index contributed by atoms with van der Waals surface area (Å²) in [5.74, 6) is -2.76. The summed E-state index contributed by atoms with van der Waals surface area (Å²) < 4.78 is 43.2. The number of rotatable bonds is 3. The van der Waals surface area contributed by atoms with Crippen molar-refractivity contribution >= 4 is 17.3 Å². The zero-order chi connectivity index (χ0) is 17.7. The van der Waals surface area contributed by atoms with Crippen LogP contribution in [0.2, 0.25) is 0 Å². The molecule has 0 spiro atoms. The highest BCUT2D eigenvalue weighted by molar-refractivity contribution is 7.07. The standard InChI is InChI=1S/C13H19NO2S.C2HF3O2/c1-15-12-8-14(7-10-4-6-17-9-10)11-3-2-5-16-13(11)12;3-2(4,5)1(6)7/h4,6,9,11-13H,2-3,5,7-8H2,1H3;(H,6,7)/t11-,12+,13+;/m1./s1. The number of carboxylic acid groups (broad SMARTS) is 1. The van der Waals surface area contributed by atoms with Crippen molar-refractivity contribution in [1.82, 2.24) is 4.90 Å². The molecule has 2 fully saturated rings. The lowest BCUT2D eigenvalue weighted by atomic mass is 10.0. The second-order valence-corrected chi connectivity index (χ2v) is 6.46. The first-order valence-corrected chi connectivity index (χ1v) is 8.47. The average Bonchev–Trinajstić information content (AvgIpc) is 3.16. The highest BCUT2D eigenvalue weighted by Crippen LogP contribution is 2.31. The van der Waals surface area contributed by atoms with Crippen LogP contribution in [0.1, 0.15) is 18.4 Å². The first kappa shape index (κ1) is 19.2. The highest BCUT2D eigenvalue weighted by Gasteiger charge is 2.44. The number of fused-ring (bicyclic) bond motifs is 1. The molecule has 1 N–H and O–H groups in total. The molecule has 2 aliphatic rings. The monoisotopic (exact) mass is 367 g/mol. The molecule has 0 aromatic carbocycles. The van der Waals surface area contributed by atoms with Crippen LogP contribution in [0.4, 0.5) is 13.2 Å². The summed E-state index contributed by atoms with van der Waals surface area (Å²) in [6.07, 6.45) is -2.13. The zero-order valence-corrected chi connectivity index (χ0v) is 14.0. The van der Waals surface area contributed by atoms with Gasteiger partial charge in [0, 0.05) is 32.8 Å². The maximum Gasteiger partial charge on any atom is 0.490 e. The van der Waals surface area contributed by atoms with Crippen LogP contribution in [-0.2, 0) is 20.8 Å². The molecule has 3 rings (SSSR count). The number of thiophene rings is 1. The summed E-state index contributed by atoms with van der Waals surface area (Å²) in [4.78, 5) is 11.4. The van der Waals surface area contributed by atoms with Crippen molar-refractivity contribution in [2.45, 2.75) is 43.8 Å². The van der Waals surface area contributed by atoms with E-state index in [0.29, 0.717) is 6.04 Å². The number of methoxy groups -OCH3 is 1. The number of alkyl halides is 3. The first-order chi connectivity index (χ1) is 11.3. The van der Waals surface area contributed by atoms with Crippen LogP contribution in [-0.4, -0.2) is 60.7 Å². The van der Waals surface area contributed by atoms with Gasteiger partial charge in [0.25, 0.3) is 0 Å². The van der Waals surface area contributed by atoms with Gasteiger partial charge in [-0.05, 0) is 35.2 Å². The van der Waals surface area contributed by atoms with Crippen molar-refractivity contribution in [2.75, 3.05) is 20.3 Å². The first-order valence-electron chi connectivity index (χ1n) is 7.52. The fourth-order valence-electron chi connectivity index (χ4n) is 3.01. The molecule has 136 valence electrons. The van der Waals surface area contributed by atoms with Crippen LogP contribution in [0.5, 0.6) is 0 Å². The van der Waals surface area contributed by atoms with Crippen molar-refractivity contribution < 1.29 is 32.5 Å². The molecule has 0 unspecified atom stereocenters. The van der Waals surface area contributed by atoms with Crippen LogP contribution in [0.25, 0.3) is 0 Å². The third kappa shape index (κ3) is 4.92. The van der Waals surface area contributed by atoms with Gasteiger partial charge >= 0.3 is 12.1 Å². The van der Waals surface area contributed by atoms with Gasteiger partial charge in [0.2, 0.25) is 0 Å². The van der Waals surface area contributed by atoms with Crippen LogP contribution in [0, 0.1) is 0 Å². The van der Waals surface area contributed by atoms with E-state index in [0.717, 1.165) is 19.7 Å². The lowest BCUT2D eigenvalue weighted by Gasteiger charge is -2.32. The number of halogens is 3. The molecule has 3 heterocycles. The molecule has 5 nitrogen and oxygen atoms in total. The van der Waals surface area contributed by atoms with Gasteiger partial charge in [0.1, 0.15) is 6.10 Å². The molecule has 2 aliphatic heterocycles. The second kappa shape index (κ2) is 8.28. The third-order valence-corrected chi connectivity index (χ3v) is 4.83. The minimum Gasteiger partial charge on any atom is -0.475 e. The predicted molar refractivity (Wildman–Crippen MR) is 82.0 cm³/mol. The lowest BCUT2D eigenvalue weighted by Crippen LogP contribution is -2.41. The molecule has 3 atom stereocenters. The van der Waals surface area contributed by atoms with E-state index < -0.39 is 12.1 Å². The third-order valence-electron chi connectivity index (χ3n) is 4.09. The Morgan fingerprint density at radius 2 is 2.25 bits per heavy atom. The molecule has 0 bridgehead atoms. The van der Waals surface area contributed by atoms with Crippen molar-refractivity contribution in [3.05, 3.63) is 22.4 Å². The van der Waals surface area contributed by atoms with E-state index in [1.165, 1.54) is 18.4 Å². The van der Waals surface area contributed by atoms with Gasteiger partial charge in [0.05, 0.1) is 6.10 Å². The molecule has 0 amide bonds. The summed E-state index contributed by atoms with van der Waals surface area (Å²) in [6, 6.07) is 2.76. The summed E-state index contributed by atoms with van der Waals surface area (Å²) >= 11 is 1.77. The second-order valence-electron chi connectivity index (χ2n) is 5.68. The largest absolute Gasteiger partial charge is 0.490 e. The Balaban J connectivity index is 0.000000256. The van der Waals surface area contributed by atoms with E-state index in [1.54, 1.807) is 18.4 Å². The Kier molecular flexibility index (Phi) is 6.62. The van der Waals surface area contributed by atoms with Gasteiger partial charge < -0.3 is 14.6 Å². The Morgan fingerprint density at radius 3 is 2.79 bits per heavy atom. The molecule has 0 radical (unpaired) electrons. The topological polar surface area (TPSA) is 59.0 Å². The van der Waals surface area contributed by atoms with Gasteiger partial charge in [-0.1, -0.05) is 0 Å². The minimum atomic E-state index is -5.08. The number of carboxylic acids is 1. The molecule has 24 heavy (non-hydrogen) atoms. The number of nitrogens with zero attached hydrogens (tertiary/aromatic N) is 1. The van der Waals surface area contributed by atoms with Gasteiger partial charge in [0.15, 0.2) is 0 Å². The summed E-state index contributed by atoms with van der Waals surface area (Å²) in [7, 11) is 1.80. The molecule has 1 aromatic rings. The van der Waals surface area contributed by atoms with E-state index in [-0.39, 0.29) is 12.2 Å². The number of hydrogen-bond acceptors (Lipinski definition) is 5. The lowest BCUT2D eigenvalue weighted by molar-refractivity contribution is -0.192. The van der Waals surface area contributed by atoms with E-state index in [2.05, 4.69) is 21.7 Å². The highest BCUT2D eigenvalue weighted by atomic mass is 32.1. The molecular formula is C15H20F3NO4S. The average molecular weight is 367 g/mol. The minimum absolute atomic E-state index is 0.249. The number of carbonyl (C=O) groups is 1. The number of ether oxygens (including phenoxy) is 2. The van der Waals surface area contributed by atoms with Crippen LogP contribution in [0.3, 0.4) is 0 Å². The predicted octanol–water partition coefficient (Wildman–Crippen LogP) is 2.76. The van der Waals surface area contributed by atoms with Gasteiger partial charge in [-0.3, -0.25) is 4.90 Å². The van der Waals surface area contributed by atoms with Crippen molar-refractivity contribution in [1.29, 1.82) is 0 Å². The normalized spacial score (nSPS) is 27.2. The summed E-state index contributed by atoms with van der Waals surface area (Å²) in [5, 5.41) is 11.5. The van der Waals surface area contributed by atoms with E-state index in [1.807, 2.05) is 0 Å².